The SMILES string of the molecule is C=C(C[C]12[CH]3[CH]4[CH]5[CH]1[Co]45321678[CH]2[CH]1[CH]6[CH]7[CH]28)C(C)(C)C. The molecule has 0 aromatic heterocycles. The average molecular weight is 285 g/mol. The summed E-state index contributed by atoms with van der Waals surface area (Å²) < 4.78 is 1.07. The second-order valence-corrected chi connectivity index (χ2v) is 34.8. The van der Waals surface area contributed by atoms with E-state index in [1.165, 1.54) is 50.1 Å². The number of allylic oxidation sites excluding steroid dienone is 1. The van der Waals surface area contributed by atoms with E-state index in [-0.39, 0.29) is 0 Å². The Morgan fingerprint density at radius 1 is 0.944 bits per heavy atom. The first kappa shape index (κ1) is 7.31. The molecular weight excluding hydrogens is 263 g/mol. The topological polar surface area (TPSA) is 0 Å². The fourth-order valence-electron chi connectivity index (χ4n) is 16.7. The van der Waals surface area contributed by atoms with Gasteiger partial charge >= 0.3 is 99.1 Å². The Hall–Kier alpha value is 0.246. The Bertz CT molecular complexity index is 941. The molecule has 1 spiro atoms. The summed E-state index contributed by atoms with van der Waals surface area (Å²) in [6, 6.07) is 0. The number of rotatable bonds is 2. The summed E-state index contributed by atoms with van der Waals surface area (Å²) in [6.45, 7) is 11.8. The molecule has 10 aliphatic rings. The summed E-state index contributed by atoms with van der Waals surface area (Å²) in [4.78, 5) is 13.3. The fourth-order valence-corrected chi connectivity index (χ4v) is 85.7. The summed E-state index contributed by atoms with van der Waals surface area (Å²) in [5.41, 5.74) is 2.01. The van der Waals surface area contributed by atoms with Crippen LogP contribution < -0.4 is 0 Å². The van der Waals surface area contributed by atoms with Gasteiger partial charge in [0, 0.05) is 0 Å². The van der Waals surface area contributed by atoms with Crippen molar-refractivity contribution in [3.8, 4) is 0 Å². The van der Waals surface area contributed by atoms with Crippen molar-refractivity contribution in [3.63, 3.8) is 0 Å². The van der Waals surface area contributed by atoms with Gasteiger partial charge in [-0.25, -0.2) is 0 Å². The Morgan fingerprint density at radius 3 is 1.61 bits per heavy atom. The van der Waals surface area contributed by atoms with E-state index in [2.05, 4.69) is 27.4 Å². The average Bonchev–Trinajstić information content (AvgIpc) is 3.23. The van der Waals surface area contributed by atoms with Crippen molar-refractivity contribution in [1.29, 1.82) is 0 Å². The molecule has 10 aliphatic heterocycles. The van der Waals surface area contributed by atoms with Gasteiger partial charge in [0.05, 0.1) is 0 Å². The number of fused-ring (bicyclic) bond motifs is 10. The predicted molar refractivity (Wildman–Crippen MR) is 69.7 cm³/mol. The minimum atomic E-state index is -2.67. The molecule has 0 saturated carbocycles. The molecular formula is C17H22Co. The standard InChI is InChI=1S/C12H17.C5H5.Co/c1-10(12(2,3)4)9-11-7-5-6-8-11;1-2-4-5-3-1;/h5-8H,1,9H2,2-4H3;1-5H;. The maximum absolute atomic E-state index is 4.56. The van der Waals surface area contributed by atoms with E-state index in [9.17, 15) is 0 Å². The van der Waals surface area contributed by atoms with Crippen LogP contribution in [0.2, 0.25) is 48.0 Å². The zero-order valence-electron chi connectivity index (χ0n) is 11.4. The van der Waals surface area contributed by atoms with Crippen LogP contribution in [0.25, 0.3) is 0 Å². The van der Waals surface area contributed by atoms with Gasteiger partial charge in [-0.1, -0.05) is 0 Å². The Kier molecular flexibility index (Phi) is 0.237. The van der Waals surface area contributed by atoms with E-state index < -0.39 is 6.37 Å². The molecule has 18 heavy (non-hydrogen) atoms. The van der Waals surface area contributed by atoms with Gasteiger partial charge in [0.15, 0.2) is 0 Å². The summed E-state index contributed by atoms with van der Waals surface area (Å²) in [6.07, 6.45) is -1.14. The van der Waals surface area contributed by atoms with Gasteiger partial charge in [0.2, 0.25) is 0 Å². The first-order valence-electron chi connectivity index (χ1n) is 7.95. The monoisotopic (exact) mass is 285 g/mol. The van der Waals surface area contributed by atoms with Crippen LogP contribution in [0.3, 0.4) is 0 Å². The molecule has 10 rings (SSSR count). The maximum atomic E-state index is 4.56. The van der Waals surface area contributed by atoms with Gasteiger partial charge in [-0.05, 0) is 0 Å². The first-order valence-corrected chi connectivity index (χ1v) is 13.9. The van der Waals surface area contributed by atoms with Crippen molar-refractivity contribution in [1.82, 2.24) is 0 Å². The Balaban J connectivity index is 1.41. The van der Waals surface area contributed by atoms with Crippen molar-refractivity contribution >= 4 is 0 Å². The Labute approximate surface area is 99.1 Å². The minimum absolute atomic E-state index is 0.375. The summed E-state index contributed by atoms with van der Waals surface area (Å²) in [5, 5.41) is 0. The predicted octanol–water partition coefficient (Wildman–Crippen LogP) is 5.74. The molecule has 1 heteroatoms. The summed E-state index contributed by atoms with van der Waals surface area (Å²) >= 11 is 0. The van der Waals surface area contributed by atoms with Crippen LogP contribution in [-0.4, -0.2) is 0 Å². The second kappa shape index (κ2) is 0.585. The Morgan fingerprint density at radius 2 is 1.39 bits per heavy atom. The van der Waals surface area contributed by atoms with E-state index in [0.29, 0.717) is 5.41 Å². The van der Waals surface area contributed by atoms with Gasteiger partial charge in [0.25, 0.3) is 0 Å². The molecule has 0 N–H and O–H groups in total. The second-order valence-electron chi connectivity index (χ2n) is 12.4. The van der Waals surface area contributed by atoms with Gasteiger partial charge in [0.1, 0.15) is 0 Å². The molecule has 99 valence electrons. The van der Waals surface area contributed by atoms with E-state index in [0.717, 1.165) is 4.35 Å². The van der Waals surface area contributed by atoms with E-state index >= 15 is 0 Å². The van der Waals surface area contributed by atoms with Crippen LogP contribution in [0.1, 0.15) is 27.2 Å². The van der Waals surface area contributed by atoms with Crippen LogP contribution >= 0.6 is 0 Å². The molecule has 0 aromatic rings. The molecule has 0 radical (unpaired) electrons. The molecule has 0 nitrogen and oxygen atoms in total. The van der Waals surface area contributed by atoms with Crippen LogP contribution in [-0.2, 0) is 6.37 Å². The van der Waals surface area contributed by atoms with Gasteiger partial charge in [-0.2, -0.15) is 0 Å². The molecule has 10 fully saturated rings. The normalized spacial score (nSPS) is 114. The zero-order chi connectivity index (χ0) is 11.8. The molecule has 0 aromatic carbocycles. The van der Waals surface area contributed by atoms with Gasteiger partial charge in [-0.15, -0.1) is 0 Å². The van der Waals surface area contributed by atoms with E-state index in [1.54, 1.807) is 5.57 Å². The third-order valence-electron chi connectivity index (χ3n) is 15.7. The van der Waals surface area contributed by atoms with Crippen LogP contribution in [0, 0.1) is 5.41 Å². The zero-order valence-corrected chi connectivity index (χ0v) is 12.5. The molecule has 4 atom stereocenters. The van der Waals surface area contributed by atoms with Gasteiger partial charge in [-0.3, -0.25) is 0 Å². The molecule has 10 heterocycles. The first-order chi connectivity index (χ1) is 8.17. The quantitative estimate of drug-likeness (QED) is 0.568. The number of hydrogen-bond donors (Lipinski definition) is 0. The number of hydrogen-bond acceptors (Lipinski definition) is 0. The van der Waals surface area contributed by atoms with Crippen LogP contribution in [0.15, 0.2) is 12.2 Å². The van der Waals surface area contributed by atoms with E-state index in [4.69, 9.17) is 0 Å². The third-order valence-corrected chi connectivity index (χ3v) is 56.2. The fraction of sp³-hybridized carbons (Fsp3) is 0.882. The third kappa shape index (κ3) is 0.0751. The van der Waals surface area contributed by atoms with Crippen molar-refractivity contribution in [2.45, 2.75) is 75.2 Å². The molecule has 4 unspecified atom stereocenters. The van der Waals surface area contributed by atoms with Crippen molar-refractivity contribution in [2.75, 3.05) is 0 Å². The summed E-state index contributed by atoms with van der Waals surface area (Å²) in [7, 11) is 0. The molecule has 10 saturated heterocycles. The van der Waals surface area contributed by atoms with Gasteiger partial charge < -0.3 is 0 Å². The van der Waals surface area contributed by atoms with Crippen LogP contribution in [0.5, 0.6) is 0 Å². The van der Waals surface area contributed by atoms with Crippen molar-refractivity contribution in [2.24, 2.45) is 5.41 Å². The molecule has 0 amide bonds. The van der Waals surface area contributed by atoms with Crippen molar-refractivity contribution < 1.29 is 6.37 Å². The molecule has 0 bridgehead atoms. The molecule has 0 aliphatic carbocycles. The van der Waals surface area contributed by atoms with Crippen molar-refractivity contribution in [3.05, 3.63) is 12.2 Å². The van der Waals surface area contributed by atoms with Crippen LogP contribution in [0.4, 0.5) is 0 Å². The van der Waals surface area contributed by atoms with E-state index in [1.807, 2.05) is 0 Å². The summed E-state index contributed by atoms with van der Waals surface area (Å²) in [5.74, 6) is 0.